The van der Waals surface area contributed by atoms with E-state index in [1.165, 1.54) is 5.56 Å². The first-order valence-electron chi connectivity index (χ1n) is 7.70. The molecule has 1 aromatic rings. The molecule has 0 aliphatic rings. The van der Waals surface area contributed by atoms with Crippen LogP contribution in [0.4, 0.5) is 5.69 Å². The van der Waals surface area contributed by atoms with Crippen LogP contribution in [0.5, 0.6) is 0 Å². The molecule has 0 aliphatic carbocycles. The molecule has 0 saturated carbocycles. The minimum atomic E-state index is -0.191. The Morgan fingerprint density at radius 1 is 1.36 bits per heavy atom. The number of aliphatic imine (C=N–C) groups is 1. The molecular formula is C19H27N3. The molecule has 0 heterocycles. The highest BCUT2D eigenvalue weighted by Crippen LogP contribution is 2.15. The quantitative estimate of drug-likeness (QED) is 0.440. The monoisotopic (exact) mass is 297 g/mol. The molecule has 118 valence electrons. The third kappa shape index (κ3) is 6.10. The molecule has 1 aromatic carbocycles. The fourth-order valence-electron chi connectivity index (χ4n) is 1.96. The van der Waals surface area contributed by atoms with Crippen LogP contribution in [0.25, 0.3) is 0 Å². The second-order valence-corrected chi connectivity index (χ2v) is 5.24. The van der Waals surface area contributed by atoms with Crippen LogP contribution in [-0.4, -0.2) is 12.0 Å². The van der Waals surface area contributed by atoms with Gasteiger partial charge in [0.05, 0.1) is 6.17 Å². The molecule has 0 aliphatic heterocycles. The van der Waals surface area contributed by atoms with Gasteiger partial charge in [0.1, 0.15) is 5.84 Å². The van der Waals surface area contributed by atoms with Gasteiger partial charge in [-0.25, -0.2) is 4.99 Å². The zero-order chi connectivity index (χ0) is 16.4. The number of nitrogens with two attached hydrogens (primary N) is 1. The SMILES string of the molecule is C=CC=CC=C(C)C(=NC(N)CCC)Nc1ccccc1C. The largest absolute Gasteiger partial charge is 0.340 e. The fraction of sp³-hybridized carbons (Fsp3) is 0.316. The van der Waals surface area contributed by atoms with Crippen LogP contribution in [0.3, 0.4) is 0 Å². The van der Waals surface area contributed by atoms with E-state index >= 15 is 0 Å². The number of hydrogen-bond acceptors (Lipinski definition) is 2. The van der Waals surface area contributed by atoms with Crippen LogP contribution in [0.1, 0.15) is 32.3 Å². The molecule has 0 radical (unpaired) electrons. The summed E-state index contributed by atoms with van der Waals surface area (Å²) in [6.07, 6.45) is 9.28. The summed E-state index contributed by atoms with van der Waals surface area (Å²) in [6.45, 7) is 9.88. The first kappa shape index (κ1) is 17.9. The van der Waals surface area contributed by atoms with Crippen molar-refractivity contribution in [2.24, 2.45) is 10.7 Å². The maximum atomic E-state index is 6.08. The lowest BCUT2D eigenvalue weighted by molar-refractivity contribution is 0.629. The van der Waals surface area contributed by atoms with Crippen molar-refractivity contribution < 1.29 is 0 Å². The standard InChI is InChI=1S/C19H27N3/c1-5-7-8-13-16(4)19(22-18(20)11-6-2)21-17-14-10-9-12-15(17)3/h5,7-10,12-14,18H,1,6,11,20H2,2-4H3,(H,21,22). The van der Waals surface area contributed by atoms with Crippen LogP contribution in [0, 0.1) is 6.92 Å². The lowest BCUT2D eigenvalue weighted by atomic mass is 10.1. The first-order chi connectivity index (χ1) is 10.6. The highest BCUT2D eigenvalue weighted by molar-refractivity contribution is 6.08. The van der Waals surface area contributed by atoms with Gasteiger partial charge in [-0.1, -0.05) is 62.4 Å². The fourth-order valence-corrected chi connectivity index (χ4v) is 1.96. The number of benzene rings is 1. The van der Waals surface area contributed by atoms with E-state index in [-0.39, 0.29) is 6.17 Å². The van der Waals surface area contributed by atoms with E-state index in [0.717, 1.165) is 29.9 Å². The molecule has 3 N–H and O–H groups in total. The molecule has 1 unspecified atom stereocenters. The van der Waals surface area contributed by atoms with Gasteiger partial charge in [-0.05, 0) is 37.5 Å². The van der Waals surface area contributed by atoms with E-state index < -0.39 is 0 Å². The second kappa shape index (κ2) is 9.74. The summed E-state index contributed by atoms with van der Waals surface area (Å²) >= 11 is 0. The molecule has 22 heavy (non-hydrogen) atoms. The average Bonchev–Trinajstić information content (AvgIpc) is 2.49. The summed E-state index contributed by atoms with van der Waals surface area (Å²) in [5.74, 6) is 0.809. The minimum absolute atomic E-state index is 0.191. The molecule has 3 nitrogen and oxygen atoms in total. The molecule has 0 amide bonds. The van der Waals surface area contributed by atoms with Crippen molar-refractivity contribution in [3.8, 4) is 0 Å². The number of nitrogens with one attached hydrogen (secondary N) is 1. The summed E-state index contributed by atoms with van der Waals surface area (Å²) in [6, 6.07) is 8.15. The van der Waals surface area contributed by atoms with E-state index in [4.69, 9.17) is 5.73 Å². The second-order valence-electron chi connectivity index (χ2n) is 5.24. The molecular weight excluding hydrogens is 270 g/mol. The normalized spacial score (nSPS) is 14.2. The number of anilines is 1. The molecule has 0 spiro atoms. The topological polar surface area (TPSA) is 50.4 Å². The number of nitrogens with zero attached hydrogens (tertiary/aromatic N) is 1. The van der Waals surface area contributed by atoms with Gasteiger partial charge in [-0.2, -0.15) is 0 Å². The Kier molecular flexibility index (Phi) is 7.94. The van der Waals surface area contributed by atoms with Gasteiger partial charge in [-0.3, -0.25) is 0 Å². The smallest absolute Gasteiger partial charge is 0.130 e. The predicted octanol–water partition coefficient (Wildman–Crippen LogP) is 4.58. The van der Waals surface area contributed by atoms with Crippen molar-refractivity contribution in [1.82, 2.24) is 0 Å². The van der Waals surface area contributed by atoms with E-state index in [1.807, 2.05) is 43.4 Å². The van der Waals surface area contributed by atoms with Gasteiger partial charge in [0, 0.05) is 5.69 Å². The maximum absolute atomic E-state index is 6.08. The van der Waals surface area contributed by atoms with Crippen molar-refractivity contribution >= 4 is 11.5 Å². The number of para-hydroxylation sites is 1. The minimum Gasteiger partial charge on any atom is -0.340 e. The first-order valence-corrected chi connectivity index (χ1v) is 7.70. The van der Waals surface area contributed by atoms with E-state index in [2.05, 4.69) is 36.8 Å². The Hall–Kier alpha value is -2.13. The Morgan fingerprint density at radius 2 is 2.09 bits per heavy atom. The van der Waals surface area contributed by atoms with Crippen molar-refractivity contribution in [2.45, 2.75) is 39.8 Å². The van der Waals surface area contributed by atoms with E-state index in [1.54, 1.807) is 6.08 Å². The molecule has 0 saturated heterocycles. The number of allylic oxidation sites excluding steroid dienone is 4. The summed E-state index contributed by atoms with van der Waals surface area (Å²) in [7, 11) is 0. The Labute approximate surface area is 134 Å². The highest BCUT2D eigenvalue weighted by atomic mass is 15.1. The molecule has 1 atom stereocenters. The van der Waals surface area contributed by atoms with Crippen molar-refractivity contribution in [1.29, 1.82) is 0 Å². The zero-order valence-corrected chi connectivity index (χ0v) is 13.8. The van der Waals surface area contributed by atoms with Crippen LogP contribution in [-0.2, 0) is 0 Å². The Bertz CT molecular complexity index is 568. The van der Waals surface area contributed by atoms with Crippen LogP contribution in [0.15, 0.2) is 65.7 Å². The summed E-state index contributed by atoms with van der Waals surface area (Å²) in [5.41, 5.74) is 9.34. The summed E-state index contributed by atoms with van der Waals surface area (Å²) in [5, 5.41) is 3.41. The third-order valence-electron chi connectivity index (χ3n) is 3.24. The average molecular weight is 297 g/mol. The van der Waals surface area contributed by atoms with Gasteiger partial charge in [0.25, 0.3) is 0 Å². The van der Waals surface area contributed by atoms with Gasteiger partial charge in [0.15, 0.2) is 0 Å². The van der Waals surface area contributed by atoms with Gasteiger partial charge in [0.2, 0.25) is 0 Å². The van der Waals surface area contributed by atoms with Crippen LogP contribution >= 0.6 is 0 Å². The Morgan fingerprint density at radius 3 is 2.73 bits per heavy atom. The van der Waals surface area contributed by atoms with Gasteiger partial charge < -0.3 is 11.1 Å². The van der Waals surface area contributed by atoms with E-state index in [0.29, 0.717) is 0 Å². The van der Waals surface area contributed by atoms with Gasteiger partial charge in [-0.15, -0.1) is 0 Å². The van der Waals surface area contributed by atoms with Crippen molar-refractivity contribution in [3.05, 3.63) is 66.3 Å². The molecule has 0 bridgehead atoms. The predicted molar refractivity (Wildman–Crippen MR) is 98.2 cm³/mol. The Balaban J connectivity index is 3.06. The number of rotatable bonds is 7. The van der Waals surface area contributed by atoms with Crippen molar-refractivity contribution in [3.63, 3.8) is 0 Å². The number of aryl methyl sites for hydroxylation is 1. The van der Waals surface area contributed by atoms with Crippen LogP contribution in [0.2, 0.25) is 0 Å². The van der Waals surface area contributed by atoms with E-state index in [9.17, 15) is 0 Å². The molecule has 1 rings (SSSR count). The van der Waals surface area contributed by atoms with Gasteiger partial charge >= 0.3 is 0 Å². The lowest BCUT2D eigenvalue weighted by Crippen LogP contribution is -2.23. The highest BCUT2D eigenvalue weighted by Gasteiger charge is 2.07. The molecule has 0 fully saturated rings. The molecule has 0 aromatic heterocycles. The lowest BCUT2D eigenvalue weighted by Gasteiger charge is -2.15. The summed E-state index contributed by atoms with van der Waals surface area (Å²) in [4.78, 5) is 4.64. The summed E-state index contributed by atoms with van der Waals surface area (Å²) < 4.78 is 0. The number of hydrogen-bond donors (Lipinski definition) is 2. The molecule has 3 heteroatoms. The number of amidine groups is 1. The van der Waals surface area contributed by atoms with Crippen molar-refractivity contribution in [2.75, 3.05) is 5.32 Å². The maximum Gasteiger partial charge on any atom is 0.130 e. The zero-order valence-electron chi connectivity index (χ0n) is 13.8. The third-order valence-corrected chi connectivity index (χ3v) is 3.24. The van der Waals surface area contributed by atoms with Crippen LogP contribution < -0.4 is 11.1 Å².